The molecule has 1 saturated heterocycles. The molecule has 0 spiro atoms. The van der Waals surface area contributed by atoms with Gasteiger partial charge in [0.25, 0.3) is 10.0 Å². The van der Waals surface area contributed by atoms with Gasteiger partial charge in [-0.2, -0.15) is 4.31 Å². The van der Waals surface area contributed by atoms with Gasteiger partial charge in [0.1, 0.15) is 6.04 Å². The molecule has 1 N–H and O–H groups in total. The Morgan fingerprint density at radius 3 is 2.68 bits per heavy atom. The lowest BCUT2D eigenvalue weighted by Crippen LogP contribution is -2.51. The Morgan fingerprint density at radius 1 is 1.32 bits per heavy atom. The van der Waals surface area contributed by atoms with Crippen LogP contribution in [-0.4, -0.2) is 36.7 Å². The summed E-state index contributed by atoms with van der Waals surface area (Å²) in [6.45, 7) is 2.30. The van der Waals surface area contributed by atoms with Gasteiger partial charge >= 0.3 is 0 Å². The Kier molecular flexibility index (Phi) is 3.98. The van der Waals surface area contributed by atoms with Crippen LogP contribution < -0.4 is 5.32 Å². The van der Waals surface area contributed by atoms with E-state index in [-0.39, 0.29) is 16.7 Å². The third-order valence-electron chi connectivity index (χ3n) is 3.45. The van der Waals surface area contributed by atoms with Crippen LogP contribution in [0.1, 0.15) is 16.6 Å². The van der Waals surface area contributed by atoms with E-state index in [0.29, 0.717) is 17.1 Å². The molecule has 0 aliphatic carbocycles. The van der Waals surface area contributed by atoms with Gasteiger partial charge in [-0.05, 0) is 12.5 Å². The van der Waals surface area contributed by atoms with Gasteiger partial charge in [-0.15, -0.1) is 11.3 Å². The van der Waals surface area contributed by atoms with Crippen molar-refractivity contribution >= 4 is 27.3 Å². The first-order valence-electron chi connectivity index (χ1n) is 6.77. The SMILES string of the molecule is Cc1ncc(S(=O)(=O)N2CCNC(=O)[C@@H]2c2ccccc2)s1. The molecule has 8 heteroatoms. The first-order chi connectivity index (χ1) is 10.5. The van der Waals surface area contributed by atoms with E-state index in [0.717, 1.165) is 11.3 Å². The Labute approximate surface area is 132 Å². The second-order valence-corrected chi connectivity index (χ2v) is 8.27. The quantitative estimate of drug-likeness (QED) is 0.916. The van der Waals surface area contributed by atoms with E-state index in [1.807, 2.05) is 6.07 Å². The Hall–Kier alpha value is -1.77. The molecule has 3 rings (SSSR count). The third kappa shape index (κ3) is 2.65. The molecule has 2 aromatic rings. The molecule has 6 nitrogen and oxygen atoms in total. The number of hydrogen-bond acceptors (Lipinski definition) is 5. The number of aryl methyl sites for hydroxylation is 1. The highest BCUT2D eigenvalue weighted by Crippen LogP contribution is 2.31. The van der Waals surface area contributed by atoms with Gasteiger partial charge < -0.3 is 5.32 Å². The number of thiazole rings is 1. The molecule has 1 aliphatic heterocycles. The number of carbonyl (C=O) groups excluding carboxylic acids is 1. The maximum Gasteiger partial charge on any atom is 0.255 e. The summed E-state index contributed by atoms with van der Waals surface area (Å²) < 4.78 is 27.1. The normalized spacial score (nSPS) is 19.9. The van der Waals surface area contributed by atoms with Crippen LogP contribution in [0.25, 0.3) is 0 Å². The summed E-state index contributed by atoms with van der Waals surface area (Å²) in [7, 11) is -3.74. The predicted molar refractivity (Wildman–Crippen MR) is 82.9 cm³/mol. The van der Waals surface area contributed by atoms with Gasteiger partial charge in [0.2, 0.25) is 5.91 Å². The van der Waals surface area contributed by atoms with Gasteiger partial charge in [0.05, 0.1) is 11.2 Å². The van der Waals surface area contributed by atoms with E-state index in [1.54, 1.807) is 31.2 Å². The lowest BCUT2D eigenvalue weighted by molar-refractivity contribution is -0.126. The van der Waals surface area contributed by atoms with E-state index >= 15 is 0 Å². The highest BCUT2D eigenvalue weighted by atomic mass is 32.2. The molecule has 1 aromatic carbocycles. The summed E-state index contributed by atoms with van der Waals surface area (Å²) in [5, 5.41) is 3.41. The molecular weight excluding hydrogens is 322 g/mol. The number of amides is 1. The zero-order valence-electron chi connectivity index (χ0n) is 11.9. The van der Waals surface area contributed by atoms with Crippen LogP contribution in [0.15, 0.2) is 40.7 Å². The largest absolute Gasteiger partial charge is 0.353 e. The van der Waals surface area contributed by atoms with Crippen molar-refractivity contribution in [3.8, 4) is 0 Å². The molecule has 1 aliphatic rings. The Bertz CT molecular complexity index is 787. The first kappa shape index (κ1) is 15.1. The summed E-state index contributed by atoms with van der Waals surface area (Å²) >= 11 is 1.11. The minimum Gasteiger partial charge on any atom is -0.353 e. The van der Waals surface area contributed by atoms with Crippen LogP contribution in [0.4, 0.5) is 0 Å². The fourth-order valence-electron chi connectivity index (χ4n) is 2.43. The van der Waals surface area contributed by atoms with Crippen LogP contribution >= 0.6 is 11.3 Å². The van der Waals surface area contributed by atoms with Gasteiger partial charge in [-0.3, -0.25) is 4.79 Å². The number of carbonyl (C=O) groups is 1. The molecule has 116 valence electrons. The molecular formula is C14H15N3O3S2. The topological polar surface area (TPSA) is 79.4 Å². The number of hydrogen-bond donors (Lipinski definition) is 1. The number of sulfonamides is 1. The summed E-state index contributed by atoms with van der Waals surface area (Å²) in [5.74, 6) is -0.303. The summed E-state index contributed by atoms with van der Waals surface area (Å²) in [4.78, 5) is 16.3. The van der Waals surface area contributed by atoms with E-state index in [2.05, 4.69) is 10.3 Å². The van der Waals surface area contributed by atoms with E-state index in [4.69, 9.17) is 0 Å². The minimum atomic E-state index is -3.74. The Morgan fingerprint density at radius 2 is 2.05 bits per heavy atom. The van der Waals surface area contributed by atoms with Gasteiger partial charge in [0, 0.05) is 13.1 Å². The van der Waals surface area contributed by atoms with E-state index in [9.17, 15) is 13.2 Å². The minimum absolute atomic E-state index is 0.167. The highest BCUT2D eigenvalue weighted by molar-refractivity contribution is 7.91. The molecule has 0 radical (unpaired) electrons. The predicted octanol–water partition coefficient (Wildman–Crippen LogP) is 1.31. The summed E-state index contributed by atoms with van der Waals surface area (Å²) in [6.07, 6.45) is 1.35. The van der Waals surface area contributed by atoms with Crippen molar-refractivity contribution in [2.75, 3.05) is 13.1 Å². The van der Waals surface area contributed by atoms with Crippen molar-refractivity contribution < 1.29 is 13.2 Å². The number of benzene rings is 1. The molecule has 1 atom stereocenters. The van der Waals surface area contributed by atoms with E-state index < -0.39 is 16.1 Å². The monoisotopic (exact) mass is 337 g/mol. The van der Waals surface area contributed by atoms with E-state index in [1.165, 1.54) is 10.5 Å². The number of nitrogens with one attached hydrogen (secondary N) is 1. The molecule has 22 heavy (non-hydrogen) atoms. The molecule has 0 bridgehead atoms. The third-order valence-corrected chi connectivity index (χ3v) is 6.66. The molecule has 2 heterocycles. The second kappa shape index (κ2) is 5.79. The van der Waals surface area contributed by atoms with Crippen molar-refractivity contribution in [3.63, 3.8) is 0 Å². The molecule has 0 unspecified atom stereocenters. The molecule has 0 saturated carbocycles. The fourth-order valence-corrected chi connectivity index (χ4v) is 5.25. The zero-order valence-corrected chi connectivity index (χ0v) is 13.5. The van der Waals surface area contributed by atoms with Crippen molar-refractivity contribution in [2.45, 2.75) is 17.2 Å². The fraction of sp³-hybridized carbons (Fsp3) is 0.286. The standard InChI is InChI=1S/C14H15N3O3S2/c1-10-16-9-12(21-10)22(19,20)17-8-7-15-14(18)13(17)11-5-3-2-4-6-11/h2-6,9,13H,7-8H2,1H3,(H,15,18)/t13-/m0/s1. The van der Waals surface area contributed by atoms with Crippen LogP contribution in [0.2, 0.25) is 0 Å². The number of nitrogens with zero attached hydrogens (tertiary/aromatic N) is 2. The molecule has 1 aromatic heterocycles. The van der Waals surface area contributed by atoms with Crippen LogP contribution in [0, 0.1) is 6.92 Å². The highest BCUT2D eigenvalue weighted by Gasteiger charge is 2.40. The van der Waals surface area contributed by atoms with Crippen molar-refractivity contribution in [1.29, 1.82) is 0 Å². The zero-order chi connectivity index (χ0) is 15.7. The van der Waals surface area contributed by atoms with Crippen molar-refractivity contribution in [1.82, 2.24) is 14.6 Å². The lowest BCUT2D eigenvalue weighted by atomic mass is 10.1. The first-order valence-corrected chi connectivity index (χ1v) is 9.03. The average molecular weight is 337 g/mol. The van der Waals surface area contributed by atoms with Crippen LogP contribution in [0.3, 0.4) is 0 Å². The maximum absolute atomic E-state index is 12.8. The van der Waals surface area contributed by atoms with Gasteiger partial charge in [0.15, 0.2) is 4.21 Å². The van der Waals surface area contributed by atoms with Gasteiger partial charge in [-0.1, -0.05) is 30.3 Å². The number of piperazine rings is 1. The second-order valence-electron chi connectivity index (χ2n) is 4.92. The summed E-state index contributed by atoms with van der Waals surface area (Å²) in [5.41, 5.74) is 0.657. The maximum atomic E-state index is 12.8. The number of rotatable bonds is 3. The van der Waals surface area contributed by atoms with Crippen LogP contribution in [-0.2, 0) is 14.8 Å². The average Bonchev–Trinajstić information content (AvgIpc) is 2.95. The van der Waals surface area contributed by atoms with Crippen molar-refractivity contribution in [2.24, 2.45) is 0 Å². The van der Waals surface area contributed by atoms with Crippen LogP contribution in [0.5, 0.6) is 0 Å². The Balaban J connectivity index is 2.05. The lowest BCUT2D eigenvalue weighted by Gasteiger charge is -2.33. The molecule has 1 fully saturated rings. The smallest absolute Gasteiger partial charge is 0.255 e. The van der Waals surface area contributed by atoms with Crippen molar-refractivity contribution in [3.05, 3.63) is 47.1 Å². The summed E-state index contributed by atoms with van der Waals surface area (Å²) in [6, 6.07) is 8.08. The number of aromatic nitrogens is 1. The molecule has 1 amide bonds. The van der Waals surface area contributed by atoms with Gasteiger partial charge in [-0.25, -0.2) is 13.4 Å².